The van der Waals surface area contributed by atoms with Gasteiger partial charge in [0, 0.05) is 4.92 Å². The molecule has 0 aromatic heterocycles. The fourth-order valence-electron chi connectivity index (χ4n) is 1.56. The van der Waals surface area contributed by atoms with Gasteiger partial charge in [-0.3, -0.25) is 10.1 Å². The SMILES string of the molecule is CC(C)C(C[N+](=O)[O-])c1ccccc1. The summed E-state index contributed by atoms with van der Waals surface area (Å²) in [5.74, 6) is 0.314. The first kappa shape index (κ1) is 10.7. The molecule has 1 atom stereocenters. The molecule has 3 heteroatoms. The quantitative estimate of drug-likeness (QED) is 0.545. The van der Waals surface area contributed by atoms with Gasteiger partial charge in [0.2, 0.25) is 6.54 Å². The maximum absolute atomic E-state index is 10.5. The second kappa shape index (κ2) is 4.74. The first-order valence-corrected chi connectivity index (χ1v) is 4.78. The highest BCUT2D eigenvalue weighted by atomic mass is 16.6. The molecule has 0 aliphatic carbocycles. The lowest BCUT2D eigenvalue weighted by Gasteiger charge is -2.16. The predicted octanol–water partition coefficient (Wildman–Crippen LogP) is 2.70. The zero-order valence-corrected chi connectivity index (χ0v) is 8.51. The Bertz CT molecular complexity index is 295. The van der Waals surface area contributed by atoms with E-state index in [1.807, 2.05) is 44.2 Å². The van der Waals surface area contributed by atoms with Crippen molar-refractivity contribution in [1.82, 2.24) is 0 Å². The van der Waals surface area contributed by atoms with Crippen LogP contribution in [0.2, 0.25) is 0 Å². The van der Waals surface area contributed by atoms with Gasteiger partial charge in [0.15, 0.2) is 0 Å². The Labute approximate surface area is 83.9 Å². The summed E-state index contributed by atoms with van der Waals surface area (Å²) < 4.78 is 0. The van der Waals surface area contributed by atoms with Crippen LogP contribution in [0.1, 0.15) is 25.3 Å². The molecule has 0 heterocycles. The lowest BCUT2D eigenvalue weighted by Crippen LogP contribution is -2.17. The number of hydrogen-bond donors (Lipinski definition) is 0. The number of benzene rings is 1. The van der Waals surface area contributed by atoms with E-state index in [0.29, 0.717) is 5.92 Å². The van der Waals surface area contributed by atoms with Gasteiger partial charge >= 0.3 is 0 Å². The van der Waals surface area contributed by atoms with Gasteiger partial charge in [0.05, 0.1) is 5.92 Å². The standard InChI is InChI=1S/C11H15NO2/c1-9(2)11(8-12(13)14)10-6-4-3-5-7-10/h3-7,9,11H,8H2,1-2H3. The molecule has 0 aliphatic rings. The third-order valence-electron chi connectivity index (χ3n) is 2.38. The van der Waals surface area contributed by atoms with Crippen LogP contribution in [0.25, 0.3) is 0 Å². The van der Waals surface area contributed by atoms with Gasteiger partial charge in [-0.1, -0.05) is 44.2 Å². The van der Waals surface area contributed by atoms with E-state index in [1.54, 1.807) is 0 Å². The number of rotatable bonds is 4. The third kappa shape index (κ3) is 2.83. The Hall–Kier alpha value is -1.38. The summed E-state index contributed by atoms with van der Waals surface area (Å²) in [5.41, 5.74) is 1.05. The Morgan fingerprint density at radius 2 is 1.86 bits per heavy atom. The minimum Gasteiger partial charge on any atom is -0.265 e. The lowest BCUT2D eigenvalue weighted by molar-refractivity contribution is -0.484. The van der Waals surface area contributed by atoms with Gasteiger partial charge < -0.3 is 0 Å². The van der Waals surface area contributed by atoms with Gasteiger partial charge in [0.25, 0.3) is 0 Å². The van der Waals surface area contributed by atoms with Crippen LogP contribution < -0.4 is 0 Å². The summed E-state index contributed by atoms with van der Waals surface area (Å²) >= 11 is 0. The molecular formula is C11H15NO2. The zero-order valence-electron chi connectivity index (χ0n) is 8.51. The second-order valence-electron chi connectivity index (χ2n) is 3.78. The fraction of sp³-hybridized carbons (Fsp3) is 0.455. The Morgan fingerprint density at radius 1 is 1.29 bits per heavy atom. The highest BCUT2D eigenvalue weighted by Crippen LogP contribution is 2.23. The van der Waals surface area contributed by atoms with Crippen LogP contribution in [-0.2, 0) is 0 Å². The molecule has 1 unspecified atom stereocenters. The monoisotopic (exact) mass is 193 g/mol. The minimum absolute atomic E-state index is 0.0156. The first-order valence-electron chi connectivity index (χ1n) is 4.78. The van der Waals surface area contributed by atoms with E-state index < -0.39 is 0 Å². The van der Waals surface area contributed by atoms with Gasteiger partial charge in [0.1, 0.15) is 0 Å². The molecular weight excluding hydrogens is 178 g/mol. The maximum Gasteiger partial charge on any atom is 0.210 e. The summed E-state index contributed by atoms with van der Waals surface area (Å²) in [6.07, 6.45) is 0. The largest absolute Gasteiger partial charge is 0.265 e. The van der Waals surface area contributed by atoms with Crippen molar-refractivity contribution in [3.63, 3.8) is 0 Å². The maximum atomic E-state index is 10.5. The molecule has 0 N–H and O–H groups in total. The molecule has 0 aliphatic heterocycles. The van der Waals surface area contributed by atoms with Gasteiger partial charge in [-0.05, 0) is 11.5 Å². The molecule has 14 heavy (non-hydrogen) atoms. The Balaban J connectivity index is 2.83. The molecule has 0 fully saturated rings. The number of hydrogen-bond acceptors (Lipinski definition) is 2. The molecule has 3 nitrogen and oxygen atoms in total. The fourth-order valence-corrected chi connectivity index (χ4v) is 1.56. The molecule has 76 valence electrons. The number of nitrogens with zero attached hydrogens (tertiary/aromatic N) is 1. The summed E-state index contributed by atoms with van der Waals surface area (Å²) in [5, 5.41) is 10.5. The summed E-state index contributed by atoms with van der Waals surface area (Å²) in [6.45, 7) is 4.05. The minimum atomic E-state index is -0.238. The lowest BCUT2D eigenvalue weighted by atomic mass is 9.89. The van der Waals surface area contributed by atoms with E-state index in [4.69, 9.17) is 0 Å². The third-order valence-corrected chi connectivity index (χ3v) is 2.38. The van der Waals surface area contributed by atoms with Gasteiger partial charge in [-0.25, -0.2) is 0 Å². The van der Waals surface area contributed by atoms with Crippen LogP contribution in [0.15, 0.2) is 30.3 Å². The molecule has 0 saturated carbocycles. The van der Waals surface area contributed by atoms with Crippen molar-refractivity contribution in [3.8, 4) is 0 Å². The van der Waals surface area contributed by atoms with Crippen LogP contribution in [-0.4, -0.2) is 11.5 Å². The van der Waals surface area contributed by atoms with Crippen molar-refractivity contribution in [2.45, 2.75) is 19.8 Å². The van der Waals surface area contributed by atoms with E-state index in [0.717, 1.165) is 5.56 Å². The van der Waals surface area contributed by atoms with Crippen molar-refractivity contribution < 1.29 is 4.92 Å². The van der Waals surface area contributed by atoms with Crippen LogP contribution in [0.5, 0.6) is 0 Å². The van der Waals surface area contributed by atoms with Crippen molar-refractivity contribution in [2.75, 3.05) is 6.54 Å². The molecule has 0 amide bonds. The molecule has 1 rings (SSSR count). The van der Waals surface area contributed by atoms with E-state index in [1.165, 1.54) is 0 Å². The van der Waals surface area contributed by atoms with E-state index in [-0.39, 0.29) is 17.4 Å². The normalized spacial score (nSPS) is 12.8. The summed E-state index contributed by atoms with van der Waals surface area (Å²) in [6, 6.07) is 9.67. The average molecular weight is 193 g/mol. The van der Waals surface area contributed by atoms with E-state index >= 15 is 0 Å². The smallest absolute Gasteiger partial charge is 0.210 e. The average Bonchev–Trinajstić information content (AvgIpc) is 2.15. The first-order chi connectivity index (χ1) is 6.61. The van der Waals surface area contributed by atoms with Crippen LogP contribution >= 0.6 is 0 Å². The molecule has 0 spiro atoms. The molecule has 1 aromatic rings. The van der Waals surface area contributed by atoms with Crippen LogP contribution in [0.4, 0.5) is 0 Å². The number of nitro groups is 1. The van der Waals surface area contributed by atoms with Crippen LogP contribution in [0.3, 0.4) is 0 Å². The van der Waals surface area contributed by atoms with Crippen LogP contribution in [0, 0.1) is 16.0 Å². The summed E-state index contributed by atoms with van der Waals surface area (Å²) in [4.78, 5) is 10.3. The second-order valence-corrected chi connectivity index (χ2v) is 3.78. The van der Waals surface area contributed by atoms with E-state index in [9.17, 15) is 10.1 Å². The van der Waals surface area contributed by atoms with E-state index in [2.05, 4.69) is 0 Å². The molecule has 0 radical (unpaired) electrons. The Kier molecular flexibility index (Phi) is 3.63. The van der Waals surface area contributed by atoms with Gasteiger partial charge in [-0.15, -0.1) is 0 Å². The highest BCUT2D eigenvalue weighted by Gasteiger charge is 2.20. The highest BCUT2D eigenvalue weighted by molar-refractivity contribution is 5.19. The predicted molar refractivity (Wildman–Crippen MR) is 55.9 cm³/mol. The molecule has 0 bridgehead atoms. The van der Waals surface area contributed by atoms with Crippen molar-refractivity contribution in [2.24, 2.45) is 5.92 Å². The Morgan fingerprint density at radius 3 is 2.29 bits per heavy atom. The van der Waals surface area contributed by atoms with Crippen molar-refractivity contribution in [3.05, 3.63) is 46.0 Å². The van der Waals surface area contributed by atoms with Crippen molar-refractivity contribution in [1.29, 1.82) is 0 Å². The topological polar surface area (TPSA) is 43.1 Å². The zero-order chi connectivity index (χ0) is 10.6. The molecule has 0 saturated heterocycles. The van der Waals surface area contributed by atoms with Crippen molar-refractivity contribution >= 4 is 0 Å². The summed E-state index contributed by atoms with van der Waals surface area (Å²) in [7, 11) is 0. The molecule has 1 aromatic carbocycles. The van der Waals surface area contributed by atoms with Gasteiger partial charge in [-0.2, -0.15) is 0 Å².